The maximum absolute atomic E-state index is 13.3. The second kappa shape index (κ2) is 11.0. The number of halogens is 6. The molecule has 4 nitrogen and oxygen atoms in total. The summed E-state index contributed by atoms with van der Waals surface area (Å²) < 4.78 is 79.7. The summed E-state index contributed by atoms with van der Waals surface area (Å²) in [7, 11) is 0. The number of amides is 1. The van der Waals surface area contributed by atoms with Crippen molar-refractivity contribution >= 4 is 5.91 Å². The molecule has 1 aliphatic heterocycles. The number of nitrogens with zero attached hydrogens (tertiary/aromatic N) is 1. The standard InChI is InChI=1S/C32H47F6NO3/c1-19(4-9-27(41)39-16-12-20(13-17-39)30(42,31(33,34)35)32(36,37)38)24-7-8-25-23-6-5-21-18-22(40)10-14-28(21,2)26(23)11-15-29(24,25)3/h5,19-20,22-26,40,42H,4,6-18H2,1-3H3/t19-,22+,23+,24-,25+,26+,28+,29-/m1/s1. The Morgan fingerprint density at radius 1 is 0.976 bits per heavy atom. The van der Waals surface area contributed by atoms with E-state index >= 15 is 0 Å². The third-order valence-electron chi connectivity index (χ3n) is 13.0. The number of fused-ring (bicyclic) bond motifs is 5. The first-order valence-corrected chi connectivity index (χ1v) is 15.9. The highest BCUT2D eigenvalue weighted by Gasteiger charge is 2.73. The zero-order valence-electron chi connectivity index (χ0n) is 25.0. The van der Waals surface area contributed by atoms with Crippen LogP contribution in [0.25, 0.3) is 0 Å². The van der Waals surface area contributed by atoms with E-state index in [1.807, 2.05) is 0 Å². The Bertz CT molecular complexity index is 1040. The normalized spacial score (nSPS) is 38.8. The number of hydrogen-bond donors (Lipinski definition) is 2. The number of rotatable bonds is 5. The highest BCUT2D eigenvalue weighted by atomic mass is 19.4. The summed E-state index contributed by atoms with van der Waals surface area (Å²) in [5, 5.41) is 20.0. The molecule has 0 aromatic rings. The molecule has 0 aromatic carbocycles. The van der Waals surface area contributed by atoms with Crippen LogP contribution >= 0.6 is 0 Å². The molecule has 10 heteroatoms. The van der Waals surface area contributed by atoms with Gasteiger partial charge in [-0.2, -0.15) is 26.3 Å². The van der Waals surface area contributed by atoms with Gasteiger partial charge in [-0.1, -0.05) is 32.4 Å². The van der Waals surface area contributed by atoms with Crippen molar-refractivity contribution in [2.24, 2.45) is 46.3 Å². The zero-order chi connectivity index (χ0) is 30.9. The Balaban J connectivity index is 1.17. The van der Waals surface area contributed by atoms with Crippen molar-refractivity contribution in [1.29, 1.82) is 0 Å². The first kappa shape index (κ1) is 32.1. The highest BCUT2D eigenvalue weighted by molar-refractivity contribution is 5.76. The monoisotopic (exact) mass is 607 g/mol. The van der Waals surface area contributed by atoms with Crippen molar-refractivity contribution < 1.29 is 41.4 Å². The van der Waals surface area contributed by atoms with E-state index in [2.05, 4.69) is 26.8 Å². The molecule has 0 radical (unpaired) electrons. The molecule has 2 N–H and O–H groups in total. The van der Waals surface area contributed by atoms with Gasteiger partial charge in [0, 0.05) is 25.4 Å². The Kier molecular flexibility index (Phi) is 8.37. The molecule has 0 unspecified atom stereocenters. The Morgan fingerprint density at radius 3 is 2.24 bits per heavy atom. The van der Waals surface area contributed by atoms with Gasteiger partial charge in [0.05, 0.1) is 6.10 Å². The van der Waals surface area contributed by atoms with Crippen LogP contribution in [0.15, 0.2) is 11.6 Å². The maximum Gasteiger partial charge on any atom is 0.426 e. The second-order valence-electron chi connectivity index (χ2n) is 14.8. The second-order valence-corrected chi connectivity index (χ2v) is 14.8. The molecule has 4 aliphatic carbocycles. The lowest BCUT2D eigenvalue weighted by atomic mass is 9.47. The maximum atomic E-state index is 13.3. The van der Waals surface area contributed by atoms with Gasteiger partial charge in [-0.15, -0.1) is 0 Å². The van der Waals surface area contributed by atoms with Gasteiger partial charge in [0.2, 0.25) is 5.91 Å². The van der Waals surface area contributed by atoms with Crippen LogP contribution in [0.5, 0.6) is 0 Å². The van der Waals surface area contributed by atoms with Crippen molar-refractivity contribution in [3.05, 3.63) is 11.6 Å². The number of carbonyl (C=O) groups is 1. The van der Waals surface area contributed by atoms with E-state index in [1.54, 1.807) is 0 Å². The van der Waals surface area contributed by atoms with E-state index in [0.717, 1.165) is 38.5 Å². The topological polar surface area (TPSA) is 60.8 Å². The predicted molar refractivity (Wildman–Crippen MR) is 146 cm³/mol. The molecule has 5 aliphatic rings. The quantitative estimate of drug-likeness (QED) is 0.252. The molecule has 3 saturated carbocycles. The summed E-state index contributed by atoms with van der Waals surface area (Å²) >= 11 is 0. The van der Waals surface area contributed by atoms with Gasteiger partial charge in [-0.25, -0.2) is 0 Å². The number of alkyl halides is 6. The Morgan fingerprint density at radius 2 is 1.62 bits per heavy atom. The molecule has 0 spiro atoms. The lowest BCUT2D eigenvalue weighted by molar-refractivity contribution is -0.387. The van der Waals surface area contributed by atoms with Gasteiger partial charge >= 0.3 is 12.4 Å². The van der Waals surface area contributed by atoms with Crippen LogP contribution in [0.2, 0.25) is 0 Å². The van der Waals surface area contributed by atoms with Crippen LogP contribution in [0.3, 0.4) is 0 Å². The lowest BCUT2D eigenvalue weighted by Gasteiger charge is -2.58. The molecule has 1 saturated heterocycles. The van der Waals surface area contributed by atoms with Gasteiger partial charge in [-0.05, 0) is 111 Å². The van der Waals surface area contributed by atoms with E-state index in [-0.39, 0.29) is 48.3 Å². The van der Waals surface area contributed by atoms with Crippen molar-refractivity contribution in [2.45, 2.75) is 122 Å². The fraction of sp³-hybridized carbons (Fsp3) is 0.906. The number of aliphatic hydroxyl groups is 2. The first-order valence-electron chi connectivity index (χ1n) is 15.9. The van der Waals surface area contributed by atoms with Crippen LogP contribution in [-0.4, -0.2) is 58.2 Å². The first-order chi connectivity index (χ1) is 19.4. The summed E-state index contributed by atoms with van der Waals surface area (Å²) in [6, 6.07) is 0. The minimum atomic E-state index is -5.83. The number of likely N-dealkylation sites (tertiary alicyclic amines) is 1. The molecule has 0 aromatic heterocycles. The summed E-state index contributed by atoms with van der Waals surface area (Å²) in [5.74, 6) is 0.409. The summed E-state index contributed by atoms with van der Waals surface area (Å²) in [4.78, 5) is 14.4. The third kappa shape index (κ3) is 5.12. The van der Waals surface area contributed by atoms with E-state index in [1.165, 1.54) is 23.3 Å². The summed E-state index contributed by atoms with van der Waals surface area (Å²) in [6.07, 6.45) is -1.24. The molecule has 8 atom stereocenters. The molecule has 42 heavy (non-hydrogen) atoms. The highest BCUT2D eigenvalue weighted by Crippen LogP contribution is 2.67. The zero-order valence-corrected chi connectivity index (χ0v) is 25.0. The van der Waals surface area contributed by atoms with E-state index in [0.29, 0.717) is 30.1 Å². The van der Waals surface area contributed by atoms with Crippen molar-refractivity contribution in [3.8, 4) is 0 Å². The van der Waals surface area contributed by atoms with Gasteiger partial charge in [0.1, 0.15) is 0 Å². The number of carbonyl (C=O) groups excluding carboxylic acids is 1. The summed E-state index contributed by atoms with van der Waals surface area (Å²) in [6.45, 7) is 6.61. The minimum Gasteiger partial charge on any atom is -0.393 e. The molecular weight excluding hydrogens is 560 g/mol. The van der Waals surface area contributed by atoms with Crippen LogP contribution in [0.1, 0.15) is 97.8 Å². The van der Waals surface area contributed by atoms with E-state index in [9.17, 15) is 41.4 Å². The average molecular weight is 608 g/mol. The molecule has 1 amide bonds. The van der Waals surface area contributed by atoms with E-state index < -0.39 is 36.7 Å². The summed E-state index contributed by atoms with van der Waals surface area (Å²) in [5.41, 5.74) is -2.93. The largest absolute Gasteiger partial charge is 0.426 e. The number of aliphatic hydroxyl groups excluding tert-OH is 1. The third-order valence-corrected chi connectivity index (χ3v) is 13.0. The number of piperidine rings is 1. The van der Waals surface area contributed by atoms with Crippen molar-refractivity contribution in [2.75, 3.05) is 13.1 Å². The average Bonchev–Trinajstić information content (AvgIpc) is 3.27. The smallest absolute Gasteiger partial charge is 0.393 e. The molecule has 5 rings (SSSR count). The molecule has 0 bridgehead atoms. The molecular formula is C32H47F6NO3. The molecule has 4 fully saturated rings. The molecule has 240 valence electrons. The Hall–Kier alpha value is -1.29. The van der Waals surface area contributed by atoms with E-state index in [4.69, 9.17) is 0 Å². The van der Waals surface area contributed by atoms with Crippen LogP contribution in [-0.2, 0) is 4.79 Å². The van der Waals surface area contributed by atoms with Gasteiger partial charge in [0.15, 0.2) is 0 Å². The number of allylic oxidation sites excluding steroid dienone is 1. The molecule has 1 heterocycles. The van der Waals surface area contributed by atoms with Crippen molar-refractivity contribution in [3.63, 3.8) is 0 Å². The lowest BCUT2D eigenvalue weighted by Crippen LogP contribution is -2.63. The number of hydrogen-bond acceptors (Lipinski definition) is 3. The minimum absolute atomic E-state index is 0.183. The van der Waals surface area contributed by atoms with Crippen LogP contribution in [0, 0.1) is 46.3 Å². The van der Waals surface area contributed by atoms with Crippen LogP contribution < -0.4 is 0 Å². The van der Waals surface area contributed by atoms with Crippen molar-refractivity contribution in [1.82, 2.24) is 4.90 Å². The Labute approximate surface area is 245 Å². The van der Waals surface area contributed by atoms with Gasteiger partial charge < -0.3 is 15.1 Å². The predicted octanol–water partition coefficient (Wildman–Crippen LogP) is 7.44. The van der Waals surface area contributed by atoms with Gasteiger partial charge in [0.25, 0.3) is 5.60 Å². The fourth-order valence-electron chi connectivity index (χ4n) is 10.5. The SMILES string of the molecule is C[C@H](CCC(=O)N1CCC(C(O)(C(F)(F)F)C(F)(F)F)CC1)[C@H]1CC[C@H]2[C@@H]3CC=C4C[C@@H](O)CC[C@]4(C)[C@H]3CC[C@]12C. The van der Waals surface area contributed by atoms with Crippen LogP contribution in [0.4, 0.5) is 26.3 Å². The van der Waals surface area contributed by atoms with Gasteiger partial charge in [-0.3, -0.25) is 4.79 Å². The fourth-order valence-corrected chi connectivity index (χ4v) is 10.5.